The van der Waals surface area contributed by atoms with Crippen LogP contribution < -0.4 is 14.9 Å². The van der Waals surface area contributed by atoms with Gasteiger partial charge in [0.2, 0.25) is 10.0 Å². The molecule has 0 amide bonds. The fourth-order valence-electron chi connectivity index (χ4n) is 3.62. The van der Waals surface area contributed by atoms with Gasteiger partial charge in [-0.2, -0.15) is 0 Å². The molecule has 0 radical (unpaired) electrons. The molecule has 1 aliphatic rings. The number of rotatable bonds is 4. The Kier molecular flexibility index (Phi) is 4.81. The number of hydrogen-bond acceptors (Lipinski definition) is 7. The van der Waals surface area contributed by atoms with Crippen LogP contribution in [0.5, 0.6) is 0 Å². The lowest BCUT2D eigenvalue weighted by Crippen LogP contribution is -2.46. The molecule has 150 valence electrons. The zero-order valence-electron chi connectivity index (χ0n) is 15.4. The monoisotopic (exact) mass is 413 g/mol. The number of primary sulfonamides is 1. The number of nitrogens with two attached hydrogens (primary N) is 1. The normalized spacial score (nSPS) is 14.9. The fraction of sp³-hybridized carbons (Fsp3) is 0.211. The molecule has 0 bridgehead atoms. The third-order valence-electron chi connectivity index (χ3n) is 5.07. The van der Waals surface area contributed by atoms with Crippen LogP contribution in [0.3, 0.4) is 0 Å². The van der Waals surface area contributed by atoms with Crippen LogP contribution in [0.4, 0.5) is 17.1 Å². The Hall–Kier alpha value is -3.24. The maximum absolute atomic E-state index is 11.8. The largest absolute Gasteiger partial charge is 0.368 e. The molecule has 0 saturated carbocycles. The van der Waals surface area contributed by atoms with Crippen LogP contribution in [0, 0.1) is 10.1 Å². The summed E-state index contributed by atoms with van der Waals surface area (Å²) in [4.78, 5) is 19.8. The van der Waals surface area contributed by atoms with Gasteiger partial charge in [0, 0.05) is 38.1 Å². The SMILES string of the molecule is NS(=O)(=O)c1ccc(N2CCN(c3ccc4ncccc4c3[N+](=O)[O-])CC2)cc1. The number of sulfonamides is 1. The Balaban J connectivity index is 1.56. The molecule has 2 N–H and O–H groups in total. The zero-order valence-corrected chi connectivity index (χ0v) is 16.2. The van der Waals surface area contributed by atoms with Crippen molar-refractivity contribution in [2.24, 2.45) is 5.14 Å². The first-order valence-corrected chi connectivity index (χ1v) is 10.5. The highest BCUT2D eigenvalue weighted by Gasteiger charge is 2.26. The Morgan fingerprint density at radius 3 is 2.24 bits per heavy atom. The van der Waals surface area contributed by atoms with Gasteiger partial charge in [0.1, 0.15) is 5.69 Å². The van der Waals surface area contributed by atoms with Crippen molar-refractivity contribution in [3.63, 3.8) is 0 Å². The highest BCUT2D eigenvalue weighted by atomic mass is 32.2. The molecule has 1 aliphatic heterocycles. The van der Waals surface area contributed by atoms with Crippen LogP contribution in [0.25, 0.3) is 10.9 Å². The molecule has 0 atom stereocenters. The molecular formula is C19H19N5O4S. The van der Waals surface area contributed by atoms with E-state index in [1.165, 1.54) is 12.1 Å². The molecule has 29 heavy (non-hydrogen) atoms. The zero-order chi connectivity index (χ0) is 20.6. The van der Waals surface area contributed by atoms with Gasteiger partial charge in [-0.25, -0.2) is 13.6 Å². The molecule has 2 aromatic carbocycles. The number of fused-ring (bicyclic) bond motifs is 1. The van der Waals surface area contributed by atoms with E-state index in [-0.39, 0.29) is 15.5 Å². The molecule has 10 heteroatoms. The number of anilines is 2. The summed E-state index contributed by atoms with van der Waals surface area (Å²) in [5.41, 5.74) is 2.13. The summed E-state index contributed by atoms with van der Waals surface area (Å²) in [5.74, 6) is 0. The first-order chi connectivity index (χ1) is 13.8. The third kappa shape index (κ3) is 3.71. The highest BCUT2D eigenvalue weighted by Crippen LogP contribution is 2.35. The molecule has 1 aromatic heterocycles. The van der Waals surface area contributed by atoms with Gasteiger partial charge in [0.15, 0.2) is 0 Å². The molecular weight excluding hydrogens is 394 g/mol. The van der Waals surface area contributed by atoms with E-state index in [9.17, 15) is 18.5 Å². The van der Waals surface area contributed by atoms with Gasteiger partial charge in [0.05, 0.1) is 20.7 Å². The van der Waals surface area contributed by atoms with Crippen molar-refractivity contribution in [1.82, 2.24) is 4.98 Å². The number of nitrogens with zero attached hydrogens (tertiary/aromatic N) is 4. The van der Waals surface area contributed by atoms with E-state index in [1.54, 1.807) is 42.6 Å². The second-order valence-corrected chi connectivity index (χ2v) is 8.33. The Morgan fingerprint density at radius 2 is 1.62 bits per heavy atom. The molecule has 1 fully saturated rings. The Morgan fingerprint density at radius 1 is 0.966 bits per heavy atom. The quantitative estimate of drug-likeness (QED) is 0.513. The molecule has 9 nitrogen and oxygen atoms in total. The fourth-order valence-corrected chi connectivity index (χ4v) is 4.14. The average molecular weight is 413 g/mol. The molecule has 0 aliphatic carbocycles. The van der Waals surface area contributed by atoms with E-state index in [0.717, 1.165) is 5.69 Å². The van der Waals surface area contributed by atoms with Crippen molar-refractivity contribution < 1.29 is 13.3 Å². The minimum absolute atomic E-state index is 0.0697. The van der Waals surface area contributed by atoms with Crippen LogP contribution in [-0.4, -0.2) is 44.5 Å². The van der Waals surface area contributed by atoms with Crippen molar-refractivity contribution in [3.05, 3.63) is 64.8 Å². The first-order valence-electron chi connectivity index (χ1n) is 8.99. The highest BCUT2D eigenvalue weighted by molar-refractivity contribution is 7.89. The number of pyridine rings is 1. The summed E-state index contributed by atoms with van der Waals surface area (Å²) in [5, 5.41) is 17.4. The minimum atomic E-state index is -3.72. The number of benzene rings is 2. The van der Waals surface area contributed by atoms with E-state index in [4.69, 9.17) is 5.14 Å². The average Bonchev–Trinajstić information content (AvgIpc) is 2.72. The third-order valence-corrected chi connectivity index (χ3v) is 6.00. The number of aromatic nitrogens is 1. The van der Waals surface area contributed by atoms with Crippen molar-refractivity contribution in [1.29, 1.82) is 0 Å². The van der Waals surface area contributed by atoms with E-state index >= 15 is 0 Å². The molecule has 4 rings (SSSR count). The van der Waals surface area contributed by atoms with Crippen LogP contribution in [-0.2, 0) is 10.0 Å². The summed E-state index contributed by atoms with van der Waals surface area (Å²) in [7, 11) is -3.72. The van der Waals surface area contributed by atoms with Crippen molar-refractivity contribution in [2.45, 2.75) is 4.90 Å². The molecule has 1 saturated heterocycles. The van der Waals surface area contributed by atoms with Crippen LogP contribution >= 0.6 is 0 Å². The maximum atomic E-state index is 11.8. The number of piperazine rings is 1. The predicted molar refractivity (Wildman–Crippen MR) is 111 cm³/mol. The Bertz CT molecular complexity index is 1170. The van der Waals surface area contributed by atoms with Gasteiger partial charge in [-0.3, -0.25) is 15.1 Å². The number of nitro benzene ring substituents is 1. The van der Waals surface area contributed by atoms with Gasteiger partial charge >= 0.3 is 5.69 Å². The van der Waals surface area contributed by atoms with E-state index in [0.29, 0.717) is 42.8 Å². The van der Waals surface area contributed by atoms with E-state index in [2.05, 4.69) is 9.88 Å². The van der Waals surface area contributed by atoms with Gasteiger partial charge in [-0.1, -0.05) is 0 Å². The van der Waals surface area contributed by atoms with E-state index < -0.39 is 10.0 Å². The van der Waals surface area contributed by atoms with Crippen molar-refractivity contribution >= 4 is 38.0 Å². The lowest BCUT2D eigenvalue weighted by molar-refractivity contribution is -0.382. The maximum Gasteiger partial charge on any atom is 0.301 e. The van der Waals surface area contributed by atoms with Crippen molar-refractivity contribution in [2.75, 3.05) is 36.0 Å². The van der Waals surface area contributed by atoms with E-state index in [1.807, 2.05) is 4.90 Å². The van der Waals surface area contributed by atoms with Gasteiger partial charge in [-0.15, -0.1) is 0 Å². The lowest BCUT2D eigenvalue weighted by Gasteiger charge is -2.37. The lowest BCUT2D eigenvalue weighted by atomic mass is 10.1. The standard InChI is InChI=1S/C19H19N5O4S/c20-29(27,28)15-5-3-14(4-6-15)22-10-12-23(13-11-22)18-8-7-17-16(2-1-9-21-17)19(18)24(25)26/h1-9H,10-13H2,(H2,20,27,28). The second-order valence-electron chi connectivity index (χ2n) is 6.77. The molecule has 0 unspecified atom stereocenters. The summed E-state index contributed by atoms with van der Waals surface area (Å²) in [6, 6.07) is 13.4. The van der Waals surface area contributed by atoms with Crippen LogP contribution in [0.15, 0.2) is 59.6 Å². The van der Waals surface area contributed by atoms with Crippen LogP contribution in [0.2, 0.25) is 0 Å². The molecule has 2 heterocycles. The minimum Gasteiger partial charge on any atom is -0.368 e. The topological polar surface area (TPSA) is 123 Å². The summed E-state index contributed by atoms with van der Waals surface area (Å²) in [6.07, 6.45) is 1.62. The summed E-state index contributed by atoms with van der Waals surface area (Å²) in [6.45, 7) is 2.50. The molecule has 0 spiro atoms. The van der Waals surface area contributed by atoms with Crippen molar-refractivity contribution in [3.8, 4) is 0 Å². The number of hydrogen-bond donors (Lipinski definition) is 1. The van der Waals surface area contributed by atoms with Gasteiger partial charge in [-0.05, 0) is 48.5 Å². The molecule has 3 aromatic rings. The van der Waals surface area contributed by atoms with Gasteiger partial charge < -0.3 is 9.80 Å². The predicted octanol–water partition coefficient (Wildman–Crippen LogP) is 2.12. The van der Waals surface area contributed by atoms with Crippen LogP contribution in [0.1, 0.15) is 0 Å². The second kappa shape index (κ2) is 7.30. The van der Waals surface area contributed by atoms with Gasteiger partial charge in [0.25, 0.3) is 0 Å². The first kappa shape index (κ1) is 19.1. The smallest absolute Gasteiger partial charge is 0.301 e. The summed E-state index contributed by atoms with van der Waals surface area (Å²) < 4.78 is 22.8. The summed E-state index contributed by atoms with van der Waals surface area (Å²) >= 11 is 0. The number of nitro groups is 1. The Labute approximate surface area is 167 Å².